The summed E-state index contributed by atoms with van der Waals surface area (Å²) in [4.78, 5) is 11.7. The Balaban J connectivity index is 3.44. The van der Waals surface area contributed by atoms with Crippen molar-refractivity contribution in [3.63, 3.8) is 0 Å². The highest BCUT2D eigenvalue weighted by Crippen LogP contribution is 2.55. The lowest BCUT2D eigenvalue weighted by Gasteiger charge is -2.50. The summed E-state index contributed by atoms with van der Waals surface area (Å²) in [5.74, 6) is -2.42. The van der Waals surface area contributed by atoms with Crippen LogP contribution in [0, 0.1) is 5.92 Å². The van der Waals surface area contributed by atoms with Crippen molar-refractivity contribution >= 4 is 5.97 Å². The summed E-state index contributed by atoms with van der Waals surface area (Å²) in [5, 5.41) is 9.85. The SMILES string of the molecule is CCCC(=O)OC(C)(C1CCCCC1)C(O)(C(F)(F)F)C(F)(F)F. The Morgan fingerprint density at radius 3 is 1.88 bits per heavy atom. The number of carbonyl (C=O) groups is 1. The quantitative estimate of drug-likeness (QED) is 0.576. The van der Waals surface area contributed by atoms with Crippen LogP contribution in [0.4, 0.5) is 26.3 Å². The molecular weight excluding hydrogens is 342 g/mol. The van der Waals surface area contributed by atoms with Crippen LogP contribution in [0.25, 0.3) is 0 Å². The minimum atomic E-state index is -6.04. The third kappa shape index (κ3) is 3.65. The number of halogens is 6. The van der Waals surface area contributed by atoms with Gasteiger partial charge in [-0.3, -0.25) is 4.79 Å². The van der Waals surface area contributed by atoms with Gasteiger partial charge in [-0.2, -0.15) is 26.3 Å². The molecule has 0 aliphatic heterocycles. The summed E-state index contributed by atoms with van der Waals surface area (Å²) in [6.45, 7) is 2.09. The fourth-order valence-electron chi connectivity index (χ4n) is 3.32. The van der Waals surface area contributed by atoms with Gasteiger partial charge in [-0.05, 0) is 26.2 Å². The average molecular weight is 364 g/mol. The van der Waals surface area contributed by atoms with Crippen LogP contribution in [0.2, 0.25) is 0 Å². The summed E-state index contributed by atoms with van der Waals surface area (Å²) in [6.07, 6.45) is -10.7. The van der Waals surface area contributed by atoms with E-state index in [0.717, 1.165) is 0 Å². The molecule has 3 nitrogen and oxygen atoms in total. The Morgan fingerprint density at radius 1 is 1.04 bits per heavy atom. The molecule has 0 saturated heterocycles. The van der Waals surface area contributed by atoms with Crippen LogP contribution < -0.4 is 0 Å². The summed E-state index contributed by atoms with van der Waals surface area (Å²) < 4.78 is 84.7. The minimum Gasteiger partial charge on any atom is -0.455 e. The Bertz CT molecular complexity index is 425. The molecule has 0 radical (unpaired) electrons. The van der Waals surface area contributed by atoms with Crippen LogP contribution >= 0.6 is 0 Å². The molecule has 9 heteroatoms. The van der Waals surface area contributed by atoms with Crippen molar-refractivity contribution in [1.29, 1.82) is 0 Å². The molecule has 1 N–H and O–H groups in total. The summed E-state index contributed by atoms with van der Waals surface area (Å²) in [7, 11) is 0. The first-order valence-corrected chi connectivity index (χ1v) is 7.89. The first kappa shape index (κ1) is 21.1. The van der Waals surface area contributed by atoms with Crippen molar-refractivity contribution in [2.75, 3.05) is 0 Å². The number of carbonyl (C=O) groups excluding carboxylic acids is 1. The molecule has 0 spiro atoms. The van der Waals surface area contributed by atoms with Gasteiger partial charge < -0.3 is 9.84 Å². The maximum Gasteiger partial charge on any atom is 0.430 e. The molecule has 1 aliphatic carbocycles. The molecule has 1 aliphatic rings. The average Bonchev–Trinajstić information content (AvgIpc) is 2.44. The first-order chi connectivity index (χ1) is 10.8. The zero-order chi connectivity index (χ0) is 18.8. The predicted octanol–water partition coefficient (Wildman–Crippen LogP) is 4.52. The molecule has 0 bridgehead atoms. The van der Waals surface area contributed by atoms with E-state index in [0.29, 0.717) is 26.2 Å². The van der Waals surface area contributed by atoms with Crippen LogP contribution in [-0.2, 0) is 9.53 Å². The Labute approximate surface area is 136 Å². The zero-order valence-corrected chi connectivity index (χ0v) is 13.6. The zero-order valence-electron chi connectivity index (χ0n) is 13.6. The second-order valence-electron chi connectivity index (χ2n) is 6.37. The molecule has 1 fully saturated rings. The Kier molecular flexibility index (Phi) is 6.22. The number of esters is 1. The highest BCUT2D eigenvalue weighted by molar-refractivity contribution is 5.70. The molecule has 0 amide bonds. The van der Waals surface area contributed by atoms with Gasteiger partial charge in [0.2, 0.25) is 0 Å². The van der Waals surface area contributed by atoms with Gasteiger partial charge in [-0.25, -0.2) is 0 Å². The van der Waals surface area contributed by atoms with E-state index >= 15 is 0 Å². The van der Waals surface area contributed by atoms with Crippen molar-refractivity contribution in [1.82, 2.24) is 0 Å². The number of ether oxygens (including phenoxy) is 1. The molecule has 1 unspecified atom stereocenters. The van der Waals surface area contributed by atoms with Crippen molar-refractivity contribution < 1.29 is 41.0 Å². The van der Waals surface area contributed by atoms with Gasteiger partial charge >= 0.3 is 18.3 Å². The third-order valence-electron chi connectivity index (χ3n) is 4.70. The van der Waals surface area contributed by atoms with E-state index in [4.69, 9.17) is 4.74 Å². The lowest BCUT2D eigenvalue weighted by Crippen LogP contribution is -2.73. The number of rotatable bonds is 5. The van der Waals surface area contributed by atoms with Gasteiger partial charge in [0.1, 0.15) is 0 Å². The number of aliphatic hydroxyl groups is 1. The van der Waals surface area contributed by atoms with Gasteiger partial charge in [0.05, 0.1) is 0 Å². The maximum atomic E-state index is 13.3. The Morgan fingerprint density at radius 2 is 1.50 bits per heavy atom. The van der Waals surface area contributed by atoms with Crippen molar-refractivity contribution in [2.45, 2.75) is 82.3 Å². The lowest BCUT2D eigenvalue weighted by atomic mass is 9.68. The van der Waals surface area contributed by atoms with E-state index in [-0.39, 0.29) is 25.7 Å². The number of hydrogen-bond acceptors (Lipinski definition) is 3. The van der Waals surface area contributed by atoms with E-state index in [1.54, 1.807) is 6.92 Å². The maximum absolute atomic E-state index is 13.3. The highest BCUT2D eigenvalue weighted by Gasteiger charge is 2.81. The smallest absolute Gasteiger partial charge is 0.430 e. The van der Waals surface area contributed by atoms with Crippen molar-refractivity contribution in [3.05, 3.63) is 0 Å². The molecule has 1 rings (SSSR count). The molecule has 142 valence electrons. The monoisotopic (exact) mass is 364 g/mol. The van der Waals surface area contributed by atoms with Crippen molar-refractivity contribution in [2.24, 2.45) is 5.92 Å². The van der Waals surface area contributed by atoms with Crippen molar-refractivity contribution in [3.8, 4) is 0 Å². The topological polar surface area (TPSA) is 46.5 Å². The molecule has 1 saturated carbocycles. The molecular formula is C15H22F6O3. The molecule has 0 aromatic heterocycles. The van der Waals surface area contributed by atoms with Crippen LogP contribution in [-0.4, -0.2) is 34.6 Å². The van der Waals surface area contributed by atoms with E-state index in [2.05, 4.69) is 0 Å². The second-order valence-corrected chi connectivity index (χ2v) is 6.37. The molecule has 0 aromatic carbocycles. The third-order valence-corrected chi connectivity index (χ3v) is 4.70. The van der Waals surface area contributed by atoms with Crippen LogP contribution in [0.1, 0.15) is 58.8 Å². The number of hydrogen-bond donors (Lipinski definition) is 1. The van der Waals surface area contributed by atoms with E-state index in [1.165, 1.54) is 0 Å². The minimum absolute atomic E-state index is 0.0182. The molecule has 0 aromatic rings. The Hall–Kier alpha value is -0.990. The second kappa shape index (κ2) is 7.09. The van der Waals surface area contributed by atoms with Gasteiger partial charge in [-0.1, -0.05) is 26.2 Å². The fraction of sp³-hybridized carbons (Fsp3) is 0.933. The fourth-order valence-corrected chi connectivity index (χ4v) is 3.32. The number of alkyl halides is 6. The first-order valence-electron chi connectivity index (χ1n) is 7.89. The summed E-state index contributed by atoms with van der Waals surface area (Å²) in [6, 6.07) is 0. The van der Waals surface area contributed by atoms with Crippen LogP contribution in [0.15, 0.2) is 0 Å². The highest BCUT2D eigenvalue weighted by atomic mass is 19.4. The standard InChI is InChI=1S/C15H22F6O3/c1-3-7-11(22)24-12(2,10-8-5-4-6-9-10)13(23,14(16,17)18)15(19,20)21/h10,23H,3-9H2,1-2H3. The summed E-state index contributed by atoms with van der Waals surface area (Å²) in [5.41, 5.74) is -8.26. The molecule has 1 atom stereocenters. The van der Waals surface area contributed by atoms with E-state index in [1.807, 2.05) is 0 Å². The molecule has 24 heavy (non-hydrogen) atoms. The van der Waals surface area contributed by atoms with E-state index < -0.39 is 35.4 Å². The molecule has 0 heterocycles. The lowest BCUT2D eigenvalue weighted by molar-refractivity contribution is -0.417. The van der Waals surface area contributed by atoms with Gasteiger partial charge in [0.15, 0.2) is 5.60 Å². The predicted molar refractivity (Wildman–Crippen MR) is 73.0 cm³/mol. The van der Waals surface area contributed by atoms with Crippen LogP contribution in [0.3, 0.4) is 0 Å². The largest absolute Gasteiger partial charge is 0.455 e. The summed E-state index contributed by atoms with van der Waals surface area (Å²) >= 11 is 0. The van der Waals surface area contributed by atoms with E-state index in [9.17, 15) is 36.2 Å². The van der Waals surface area contributed by atoms with Gasteiger partial charge in [0, 0.05) is 12.3 Å². The van der Waals surface area contributed by atoms with Gasteiger partial charge in [0.25, 0.3) is 5.60 Å². The van der Waals surface area contributed by atoms with Gasteiger partial charge in [-0.15, -0.1) is 0 Å². The van der Waals surface area contributed by atoms with Crippen LogP contribution in [0.5, 0.6) is 0 Å². The normalized spacial score (nSPS) is 20.5.